The lowest BCUT2D eigenvalue weighted by atomic mass is 10.0. The number of halogens is 6. The van der Waals surface area contributed by atoms with Gasteiger partial charge in [0, 0.05) is 42.2 Å². The van der Waals surface area contributed by atoms with Crippen LogP contribution < -0.4 is 9.64 Å². The van der Waals surface area contributed by atoms with Crippen LogP contribution in [0.2, 0.25) is 0 Å². The molecule has 5 nitrogen and oxygen atoms in total. The number of nitrogens with zero attached hydrogens (tertiary/aromatic N) is 3. The molecule has 0 spiro atoms. The number of carbonyl (C=O) groups excluding carboxylic acids is 1. The number of hydrogen-bond donors (Lipinski definition) is 0. The summed E-state index contributed by atoms with van der Waals surface area (Å²) in [6.45, 7) is 0. The lowest BCUT2D eigenvalue weighted by Gasteiger charge is -2.22. The predicted molar refractivity (Wildman–Crippen MR) is 103 cm³/mol. The third-order valence-corrected chi connectivity index (χ3v) is 4.56. The number of rotatable bonds is 4. The van der Waals surface area contributed by atoms with E-state index < -0.39 is 35.0 Å². The van der Waals surface area contributed by atoms with E-state index in [1.165, 1.54) is 38.8 Å². The van der Waals surface area contributed by atoms with Crippen molar-refractivity contribution >= 4 is 11.6 Å². The topological polar surface area (TPSA) is 55.3 Å². The van der Waals surface area contributed by atoms with Gasteiger partial charge >= 0.3 is 12.4 Å². The molecule has 0 aliphatic rings. The lowest BCUT2D eigenvalue weighted by Crippen LogP contribution is -2.28. The highest BCUT2D eigenvalue weighted by molar-refractivity contribution is 6.07. The van der Waals surface area contributed by atoms with E-state index in [1.807, 2.05) is 0 Å². The van der Waals surface area contributed by atoms with E-state index >= 15 is 0 Å². The van der Waals surface area contributed by atoms with Crippen LogP contribution in [0.15, 0.2) is 55.0 Å². The smallest absolute Gasteiger partial charge is 0.416 e. The molecule has 0 radical (unpaired) electrons. The first kappa shape index (κ1) is 23.0. The molecule has 0 saturated carbocycles. The number of carbonyl (C=O) groups is 1. The molecule has 0 aliphatic carbocycles. The Morgan fingerprint density at radius 1 is 0.938 bits per heavy atom. The summed E-state index contributed by atoms with van der Waals surface area (Å²) in [6.07, 6.45) is -5.99. The van der Waals surface area contributed by atoms with Crippen molar-refractivity contribution in [3.63, 3.8) is 0 Å². The van der Waals surface area contributed by atoms with Gasteiger partial charge in [-0.15, -0.1) is 0 Å². The number of amides is 1. The number of aromatic nitrogens is 2. The van der Waals surface area contributed by atoms with Crippen LogP contribution in [0.5, 0.6) is 5.88 Å². The van der Waals surface area contributed by atoms with E-state index in [-0.39, 0.29) is 11.8 Å². The number of benzene rings is 1. The van der Waals surface area contributed by atoms with Crippen molar-refractivity contribution < 1.29 is 35.9 Å². The van der Waals surface area contributed by atoms with Gasteiger partial charge < -0.3 is 9.64 Å². The average molecular weight is 455 g/mol. The third-order valence-electron chi connectivity index (χ3n) is 4.56. The summed E-state index contributed by atoms with van der Waals surface area (Å²) in [5.41, 5.74) is -2.78. The van der Waals surface area contributed by atoms with E-state index in [1.54, 1.807) is 12.1 Å². The molecule has 0 fully saturated rings. The molecular formula is C21H15F6N3O2. The molecule has 3 rings (SSSR count). The second-order valence-electron chi connectivity index (χ2n) is 6.64. The Hall–Kier alpha value is -3.63. The number of ether oxygens (including phenoxy) is 1. The maximum absolute atomic E-state index is 13.2. The first-order valence-electron chi connectivity index (χ1n) is 8.94. The molecule has 0 aliphatic heterocycles. The largest absolute Gasteiger partial charge is 0.481 e. The van der Waals surface area contributed by atoms with Crippen molar-refractivity contribution in [3.8, 4) is 17.0 Å². The fourth-order valence-electron chi connectivity index (χ4n) is 2.94. The van der Waals surface area contributed by atoms with Crippen LogP contribution >= 0.6 is 0 Å². The van der Waals surface area contributed by atoms with Gasteiger partial charge in [-0.2, -0.15) is 26.3 Å². The Morgan fingerprint density at radius 2 is 1.56 bits per heavy atom. The van der Waals surface area contributed by atoms with Crippen LogP contribution in [0.4, 0.5) is 32.0 Å². The fraction of sp³-hybridized carbons (Fsp3) is 0.190. The van der Waals surface area contributed by atoms with Gasteiger partial charge in [-0.3, -0.25) is 9.78 Å². The number of anilines is 1. The Labute approximate surface area is 178 Å². The van der Waals surface area contributed by atoms with Crippen molar-refractivity contribution in [1.82, 2.24) is 9.97 Å². The van der Waals surface area contributed by atoms with E-state index in [0.29, 0.717) is 29.1 Å². The van der Waals surface area contributed by atoms with Crippen molar-refractivity contribution in [2.24, 2.45) is 0 Å². The zero-order valence-corrected chi connectivity index (χ0v) is 16.6. The molecule has 0 bridgehead atoms. The Bertz CT molecular complexity index is 1100. The molecule has 1 amide bonds. The van der Waals surface area contributed by atoms with E-state index in [2.05, 4.69) is 9.97 Å². The van der Waals surface area contributed by atoms with E-state index in [4.69, 9.17) is 4.74 Å². The van der Waals surface area contributed by atoms with Crippen molar-refractivity contribution in [2.75, 3.05) is 19.1 Å². The summed E-state index contributed by atoms with van der Waals surface area (Å²) >= 11 is 0. The summed E-state index contributed by atoms with van der Waals surface area (Å²) in [6, 6.07) is 5.47. The highest BCUT2D eigenvalue weighted by atomic mass is 19.4. The molecule has 11 heteroatoms. The van der Waals surface area contributed by atoms with E-state index in [0.717, 1.165) is 4.90 Å². The van der Waals surface area contributed by atoms with Crippen molar-refractivity contribution in [3.05, 3.63) is 71.7 Å². The van der Waals surface area contributed by atoms with Crippen LogP contribution in [0.1, 0.15) is 21.5 Å². The van der Waals surface area contributed by atoms with Crippen LogP contribution in [-0.2, 0) is 12.4 Å². The second kappa shape index (κ2) is 8.48. The molecule has 2 heterocycles. The number of methoxy groups -OCH3 is 1. The highest BCUT2D eigenvalue weighted by Crippen LogP contribution is 2.37. The SMILES string of the molecule is COc1ccc(-c2ccncc2N(C)C(=O)c2cc(C(F)(F)F)cc(C(F)(F)F)c2)cn1. The summed E-state index contributed by atoms with van der Waals surface area (Å²) < 4.78 is 83.9. The summed E-state index contributed by atoms with van der Waals surface area (Å²) in [5, 5.41) is 0. The zero-order valence-electron chi connectivity index (χ0n) is 16.6. The minimum atomic E-state index is -5.07. The van der Waals surface area contributed by atoms with Crippen LogP contribution in [0.3, 0.4) is 0 Å². The molecule has 32 heavy (non-hydrogen) atoms. The number of alkyl halides is 6. The summed E-state index contributed by atoms with van der Waals surface area (Å²) in [7, 11) is 2.66. The number of pyridine rings is 2. The quantitative estimate of drug-likeness (QED) is 0.490. The first-order valence-corrected chi connectivity index (χ1v) is 8.94. The van der Waals surface area contributed by atoms with Gasteiger partial charge in [0.1, 0.15) is 0 Å². The van der Waals surface area contributed by atoms with Crippen LogP contribution in [0.25, 0.3) is 11.1 Å². The molecular weight excluding hydrogens is 440 g/mol. The molecule has 3 aromatic rings. The van der Waals surface area contributed by atoms with Crippen LogP contribution in [-0.4, -0.2) is 30.0 Å². The minimum absolute atomic E-state index is 0.0324. The van der Waals surface area contributed by atoms with Crippen molar-refractivity contribution in [1.29, 1.82) is 0 Å². The summed E-state index contributed by atoms with van der Waals surface area (Å²) in [5.74, 6) is -0.741. The van der Waals surface area contributed by atoms with Gasteiger partial charge in [0.25, 0.3) is 5.91 Å². The van der Waals surface area contributed by atoms with Gasteiger partial charge in [-0.05, 0) is 30.3 Å². The molecule has 0 unspecified atom stereocenters. The van der Waals surface area contributed by atoms with Gasteiger partial charge in [-0.25, -0.2) is 4.98 Å². The second-order valence-corrected chi connectivity index (χ2v) is 6.64. The minimum Gasteiger partial charge on any atom is -0.481 e. The normalized spacial score (nSPS) is 11.9. The molecule has 0 saturated heterocycles. The summed E-state index contributed by atoms with van der Waals surface area (Å²) in [4.78, 5) is 21.8. The third kappa shape index (κ3) is 4.82. The Kier molecular flexibility index (Phi) is 6.11. The molecule has 0 N–H and O–H groups in total. The number of hydrogen-bond acceptors (Lipinski definition) is 4. The highest BCUT2D eigenvalue weighted by Gasteiger charge is 2.38. The molecule has 0 atom stereocenters. The fourth-order valence-corrected chi connectivity index (χ4v) is 2.94. The van der Waals surface area contributed by atoms with Crippen molar-refractivity contribution in [2.45, 2.75) is 12.4 Å². The first-order chi connectivity index (χ1) is 14.9. The molecule has 2 aromatic heterocycles. The predicted octanol–water partition coefficient (Wildman–Crippen LogP) is 5.47. The van der Waals surface area contributed by atoms with Gasteiger partial charge in [0.05, 0.1) is 30.1 Å². The van der Waals surface area contributed by atoms with Gasteiger partial charge in [0.15, 0.2) is 0 Å². The lowest BCUT2D eigenvalue weighted by molar-refractivity contribution is -0.143. The molecule has 168 valence electrons. The Balaban J connectivity index is 2.06. The zero-order chi connectivity index (χ0) is 23.7. The Morgan fingerprint density at radius 3 is 2.06 bits per heavy atom. The monoisotopic (exact) mass is 455 g/mol. The van der Waals surface area contributed by atoms with Gasteiger partial charge in [0.2, 0.25) is 5.88 Å². The van der Waals surface area contributed by atoms with Crippen LogP contribution in [0, 0.1) is 0 Å². The van der Waals surface area contributed by atoms with E-state index in [9.17, 15) is 31.1 Å². The standard InChI is InChI=1S/C21H15F6N3O2/c1-30(17-11-28-6-5-16(17)12-3-4-18(32-2)29-10-12)19(31)13-7-14(20(22,23)24)9-15(8-13)21(25,26)27/h3-11H,1-2H3. The van der Waals surface area contributed by atoms with Gasteiger partial charge in [-0.1, -0.05) is 0 Å². The average Bonchev–Trinajstić information content (AvgIpc) is 2.76. The maximum atomic E-state index is 13.2. The maximum Gasteiger partial charge on any atom is 0.416 e. The molecule has 1 aromatic carbocycles.